The average Bonchev–Trinajstić information content (AvgIpc) is 2.85. The van der Waals surface area contributed by atoms with Crippen LogP contribution in [-0.4, -0.2) is 42.9 Å². The van der Waals surface area contributed by atoms with Gasteiger partial charge in [-0.05, 0) is 32.6 Å². The van der Waals surface area contributed by atoms with Crippen molar-refractivity contribution < 1.29 is 14.3 Å². The van der Waals surface area contributed by atoms with Gasteiger partial charge < -0.3 is 15.4 Å². The summed E-state index contributed by atoms with van der Waals surface area (Å²) >= 11 is 3.88. The fourth-order valence-electron chi connectivity index (χ4n) is 2.22. The van der Waals surface area contributed by atoms with Crippen LogP contribution in [0.2, 0.25) is 0 Å². The summed E-state index contributed by atoms with van der Waals surface area (Å²) < 4.78 is 5.64. The number of ether oxygens (including phenoxy) is 1. The van der Waals surface area contributed by atoms with Crippen molar-refractivity contribution in [1.29, 1.82) is 0 Å². The Bertz CT molecular complexity index is 313. The Morgan fingerprint density at radius 2 is 1.95 bits per heavy atom. The number of unbranched alkanes of at least 4 members (excludes halogenated alkanes) is 2. The van der Waals surface area contributed by atoms with Crippen LogP contribution in [0.4, 0.5) is 0 Å². The molecule has 5 nitrogen and oxygen atoms in total. The van der Waals surface area contributed by atoms with E-state index in [1.807, 2.05) is 0 Å². The van der Waals surface area contributed by atoms with Crippen LogP contribution in [0.1, 0.15) is 45.4 Å². The Morgan fingerprint density at radius 3 is 2.60 bits per heavy atom. The Balaban J connectivity index is 1.91. The first-order valence-electron chi connectivity index (χ1n) is 7.41. The second-order valence-electron chi connectivity index (χ2n) is 5.27. The van der Waals surface area contributed by atoms with Crippen LogP contribution in [0.3, 0.4) is 0 Å². The molecule has 0 aromatic rings. The fourth-order valence-corrected chi connectivity index (χ4v) is 2.33. The largest absolute Gasteiger partial charge is 0.373 e. The third-order valence-corrected chi connectivity index (χ3v) is 3.68. The second-order valence-corrected chi connectivity index (χ2v) is 5.59. The van der Waals surface area contributed by atoms with E-state index < -0.39 is 0 Å². The van der Waals surface area contributed by atoms with E-state index in [0.717, 1.165) is 32.1 Å². The maximum atomic E-state index is 11.6. The van der Waals surface area contributed by atoms with Crippen molar-refractivity contribution in [2.24, 2.45) is 0 Å². The topological polar surface area (TPSA) is 67.4 Å². The molecule has 20 heavy (non-hydrogen) atoms. The highest BCUT2D eigenvalue weighted by Gasteiger charge is 2.21. The predicted octanol–water partition coefficient (Wildman–Crippen LogP) is 1.28. The van der Waals surface area contributed by atoms with Gasteiger partial charge in [0.05, 0.1) is 18.0 Å². The van der Waals surface area contributed by atoms with E-state index in [0.29, 0.717) is 25.6 Å². The van der Waals surface area contributed by atoms with Gasteiger partial charge in [0.25, 0.3) is 0 Å². The van der Waals surface area contributed by atoms with E-state index in [1.165, 1.54) is 0 Å². The lowest BCUT2D eigenvalue weighted by Crippen LogP contribution is -2.32. The summed E-state index contributed by atoms with van der Waals surface area (Å²) in [7, 11) is 0. The van der Waals surface area contributed by atoms with Crippen molar-refractivity contribution in [1.82, 2.24) is 10.6 Å². The summed E-state index contributed by atoms with van der Waals surface area (Å²) in [6, 6.07) is 0. The van der Waals surface area contributed by atoms with Crippen molar-refractivity contribution in [3.8, 4) is 0 Å². The van der Waals surface area contributed by atoms with Crippen LogP contribution in [-0.2, 0) is 14.3 Å². The summed E-state index contributed by atoms with van der Waals surface area (Å²) in [5.41, 5.74) is 0. The lowest BCUT2D eigenvalue weighted by molar-refractivity contribution is -0.122. The quantitative estimate of drug-likeness (QED) is 0.444. The molecule has 0 spiro atoms. The van der Waals surface area contributed by atoms with Crippen LogP contribution in [0.5, 0.6) is 0 Å². The smallest absolute Gasteiger partial charge is 0.229 e. The number of nitrogens with one attached hydrogen (secondary N) is 2. The van der Waals surface area contributed by atoms with Crippen LogP contribution in [0.25, 0.3) is 0 Å². The number of rotatable bonds is 9. The van der Waals surface area contributed by atoms with Crippen molar-refractivity contribution in [3.05, 3.63) is 0 Å². The van der Waals surface area contributed by atoms with Crippen LogP contribution >= 0.6 is 12.6 Å². The maximum absolute atomic E-state index is 11.6. The molecule has 0 saturated carbocycles. The number of thiol groups is 1. The Labute approximate surface area is 126 Å². The first-order valence-corrected chi connectivity index (χ1v) is 8.04. The highest BCUT2D eigenvalue weighted by Crippen LogP contribution is 2.18. The number of hydrogen-bond acceptors (Lipinski definition) is 4. The van der Waals surface area contributed by atoms with Crippen molar-refractivity contribution in [2.75, 3.05) is 18.8 Å². The lowest BCUT2D eigenvalue weighted by Gasteiger charge is -2.12. The zero-order chi connectivity index (χ0) is 14.8. The molecule has 116 valence electrons. The summed E-state index contributed by atoms with van der Waals surface area (Å²) in [4.78, 5) is 22.5. The van der Waals surface area contributed by atoms with Gasteiger partial charge >= 0.3 is 0 Å². The molecule has 1 rings (SSSR count). The molecule has 1 saturated heterocycles. The normalized spacial score (nSPS) is 21.7. The van der Waals surface area contributed by atoms with Crippen LogP contribution < -0.4 is 10.6 Å². The summed E-state index contributed by atoms with van der Waals surface area (Å²) in [6.07, 6.45) is 5.86. The first kappa shape index (κ1) is 17.3. The van der Waals surface area contributed by atoms with Gasteiger partial charge in [-0.1, -0.05) is 6.42 Å². The molecule has 6 heteroatoms. The minimum absolute atomic E-state index is 0.0446. The van der Waals surface area contributed by atoms with E-state index in [4.69, 9.17) is 4.74 Å². The van der Waals surface area contributed by atoms with E-state index in [-0.39, 0.29) is 23.7 Å². The number of carbonyl (C=O) groups is 2. The zero-order valence-electron chi connectivity index (χ0n) is 12.2. The highest BCUT2D eigenvalue weighted by atomic mass is 32.1. The fraction of sp³-hybridized carbons (Fsp3) is 0.857. The molecular formula is C14H26N2O3S. The summed E-state index contributed by atoms with van der Waals surface area (Å²) in [6.45, 7) is 3.35. The van der Waals surface area contributed by atoms with Gasteiger partial charge in [-0.15, -0.1) is 0 Å². The Morgan fingerprint density at radius 1 is 1.15 bits per heavy atom. The molecule has 0 aromatic carbocycles. The lowest BCUT2D eigenvalue weighted by atomic mass is 10.1. The first-order chi connectivity index (χ1) is 9.61. The van der Waals surface area contributed by atoms with Gasteiger partial charge in [-0.3, -0.25) is 9.59 Å². The highest BCUT2D eigenvalue weighted by molar-refractivity contribution is 7.81. The van der Waals surface area contributed by atoms with E-state index in [9.17, 15) is 9.59 Å². The van der Waals surface area contributed by atoms with Crippen molar-refractivity contribution >= 4 is 24.4 Å². The Kier molecular flexibility index (Phi) is 8.69. The van der Waals surface area contributed by atoms with Gasteiger partial charge in [0.15, 0.2) is 0 Å². The molecule has 2 amide bonds. The molecule has 0 radical (unpaired) electrons. The van der Waals surface area contributed by atoms with Crippen molar-refractivity contribution in [2.45, 2.75) is 57.7 Å². The van der Waals surface area contributed by atoms with Gasteiger partial charge in [0.1, 0.15) is 0 Å². The minimum Gasteiger partial charge on any atom is -0.373 e. The third-order valence-electron chi connectivity index (χ3n) is 3.39. The van der Waals surface area contributed by atoms with Gasteiger partial charge in [0.2, 0.25) is 11.8 Å². The number of hydrogen-bond donors (Lipinski definition) is 3. The Hall–Kier alpha value is -0.750. The standard InChI is InChI=1S/C14H26N2O3S/c1-11-6-7-12(19-11)9-16-13(17)5-3-2-4-8-15-14(18)10-20/h11-12,20H,2-10H2,1H3,(H,15,18)(H,16,17). The molecule has 1 heterocycles. The molecule has 2 unspecified atom stereocenters. The summed E-state index contributed by atoms with van der Waals surface area (Å²) in [5.74, 6) is 0.272. The molecule has 0 aromatic heterocycles. The maximum Gasteiger partial charge on any atom is 0.229 e. The molecule has 2 atom stereocenters. The second kappa shape index (κ2) is 10.0. The number of amides is 2. The van der Waals surface area contributed by atoms with E-state index in [2.05, 4.69) is 30.2 Å². The van der Waals surface area contributed by atoms with Gasteiger partial charge in [-0.2, -0.15) is 12.6 Å². The zero-order valence-corrected chi connectivity index (χ0v) is 13.1. The van der Waals surface area contributed by atoms with Gasteiger partial charge in [0, 0.05) is 19.5 Å². The minimum atomic E-state index is -0.0446. The molecule has 1 aliphatic rings. The average molecular weight is 302 g/mol. The monoisotopic (exact) mass is 302 g/mol. The molecule has 0 aliphatic carbocycles. The molecule has 1 aliphatic heterocycles. The van der Waals surface area contributed by atoms with E-state index >= 15 is 0 Å². The van der Waals surface area contributed by atoms with Crippen LogP contribution in [0, 0.1) is 0 Å². The van der Waals surface area contributed by atoms with Crippen LogP contribution in [0.15, 0.2) is 0 Å². The molecular weight excluding hydrogens is 276 g/mol. The number of carbonyl (C=O) groups excluding carboxylic acids is 2. The van der Waals surface area contributed by atoms with Crippen molar-refractivity contribution in [3.63, 3.8) is 0 Å². The predicted molar refractivity (Wildman–Crippen MR) is 81.9 cm³/mol. The third kappa shape index (κ3) is 7.75. The summed E-state index contributed by atoms with van der Waals surface area (Å²) in [5, 5.41) is 5.67. The SMILES string of the molecule is CC1CCC(CNC(=O)CCCCCNC(=O)CS)O1. The van der Waals surface area contributed by atoms with E-state index in [1.54, 1.807) is 0 Å². The molecule has 0 bridgehead atoms. The molecule has 1 fully saturated rings. The molecule has 2 N–H and O–H groups in total. The van der Waals surface area contributed by atoms with Gasteiger partial charge in [-0.25, -0.2) is 0 Å².